The van der Waals surface area contributed by atoms with Crippen LogP contribution in [0.25, 0.3) is 11.1 Å². The Morgan fingerprint density at radius 2 is 1.53 bits per heavy atom. The van der Waals surface area contributed by atoms with Gasteiger partial charge in [0.25, 0.3) is 0 Å². The minimum Gasteiger partial charge on any atom is -0.293 e. The zero-order valence-corrected chi connectivity index (χ0v) is 12.3. The van der Waals surface area contributed by atoms with Gasteiger partial charge in [-0.05, 0) is 23.3 Å². The SMILES string of the molecule is Br.O=C(CBr)c1ccc(-c2ccncc2)cc1. The highest BCUT2D eigenvalue weighted by atomic mass is 79.9. The van der Waals surface area contributed by atoms with Crippen LogP contribution in [0.2, 0.25) is 0 Å². The van der Waals surface area contributed by atoms with Gasteiger partial charge in [-0.3, -0.25) is 9.78 Å². The van der Waals surface area contributed by atoms with Gasteiger partial charge in [0, 0.05) is 18.0 Å². The van der Waals surface area contributed by atoms with E-state index in [4.69, 9.17) is 0 Å². The molecule has 1 heterocycles. The fourth-order valence-electron chi connectivity index (χ4n) is 1.47. The first-order valence-corrected chi connectivity index (χ1v) is 6.03. The predicted molar refractivity (Wildman–Crippen MR) is 78.1 cm³/mol. The van der Waals surface area contributed by atoms with Gasteiger partial charge in [0.15, 0.2) is 5.78 Å². The second kappa shape index (κ2) is 6.67. The van der Waals surface area contributed by atoms with Crippen molar-refractivity contribution in [2.45, 2.75) is 0 Å². The molecule has 2 rings (SSSR count). The van der Waals surface area contributed by atoms with Gasteiger partial charge < -0.3 is 0 Å². The summed E-state index contributed by atoms with van der Waals surface area (Å²) in [6.07, 6.45) is 3.51. The summed E-state index contributed by atoms with van der Waals surface area (Å²) in [4.78, 5) is 15.4. The molecule has 4 heteroatoms. The standard InChI is InChI=1S/C13H10BrNO.BrH/c14-9-13(16)12-3-1-10(2-4-12)11-5-7-15-8-6-11;/h1-8H,9H2;1H. The molecule has 2 nitrogen and oxygen atoms in total. The number of carbonyl (C=O) groups excluding carboxylic acids is 1. The molecule has 88 valence electrons. The number of halogens is 2. The quantitative estimate of drug-likeness (QED) is 0.616. The van der Waals surface area contributed by atoms with E-state index in [1.54, 1.807) is 12.4 Å². The second-order valence-corrected chi connectivity index (χ2v) is 3.93. The Labute approximate surface area is 119 Å². The van der Waals surface area contributed by atoms with Gasteiger partial charge in [-0.2, -0.15) is 0 Å². The molecule has 0 unspecified atom stereocenters. The average Bonchev–Trinajstić information content (AvgIpc) is 2.39. The van der Waals surface area contributed by atoms with E-state index < -0.39 is 0 Å². The van der Waals surface area contributed by atoms with E-state index in [0.29, 0.717) is 5.33 Å². The first-order chi connectivity index (χ1) is 7.81. The summed E-state index contributed by atoms with van der Waals surface area (Å²) in [7, 11) is 0. The molecular formula is C13H11Br2NO. The minimum atomic E-state index is 0. The van der Waals surface area contributed by atoms with Crippen LogP contribution in [0.15, 0.2) is 48.8 Å². The topological polar surface area (TPSA) is 30.0 Å². The maximum absolute atomic E-state index is 11.4. The Bertz CT molecular complexity index is 483. The van der Waals surface area contributed by atoms with Crippen LogP contribution in [-0.2, 0) is 0 Å². The number of Topliss-reactive ketones (excluding diaryl/α,β-unsaturated/α-hetero) is 1. The first kappa shape index (κ1) is 14.1. The van der Waals surface area contributed by atoms with Crippen molar-refractivity contribution in [3.05, 3.63) is 54.4 Å². The van der Waals surface area contributed by atoms with Crippen LogP contribution in [-0.4, -0.2) is 16.1 Å². The van der Waals surface area contributed by atoms with Gasteiger partial charge >= 0.3 is 0 Å². The van der Waals surface area contributed by atoms with Crippen molar-refractivity contribution in [3.63, 3.8) is 0 Å². The maximum Gasteiger partial charge on any atom is 0.173 e. The number of rotatable bonds is 3. The molecule has 1 aromatic carbocycles. The van der Waals surface area contributed by atoms with Crippen molar-refractivity contribution in [1.29, 1.82) is 0 Å². The van der Waals surface area contributed by atoms with Crippen molar-refractivity contribution in [2.75, 3.05) is 5.33 Å². The first-order valence-electron chi connectivity index (χ1n) is 4.91. The summed E-state index contributed by atoms with van der Waals surface area (Å²) in [6.45, 7) is 0. The van der Waals surface area contributed by atoms with Gasteiger partial charge in [-0.1, -0.05) is 40.2 Å². The minimum absolute atomic E-state index is 0. The third kappa shape index (κ3) is 3.48. The summed E-state index contributed by atoms with van der Waals surface area (Å²) in [6, 6.07) is 11.5. The van der Waals surface area contributed by atoms with E-state index in [1.165, 1.54) is 0 Å². The fourth-order valence-corrected chi connectivity index (χ4v) is 1.79. The van der Waals surface area contributed by atoms with Gasteiger partial charge in [0.1, 0.15) is 0 Å². The molecule has 0 aliphatic carbocycles. The largest absolute Gasteiger partial charge is 0.293 e. The number of nitrogens with zero attached hydrogens (tertiary/aromatic N) is 1. The molecule has 1 aromatic heterocycles. The number of alkyl halides is 1. The lowest BCUT2D eigenvalue weighted by atomic mass is 10.0. The van der Waals surface area contributed by atoms with Crippen LogP contribution in [0, 0.1) is 0 Å². The van der Waals surface area contributed by atoms with Crippen molar-refractivity contribution < 1.29 is 4.79 Å². The molecule has 0 atom stereocenters. The summed E-state index contributed by atoms with van der Waals surface area (Å²) in [5.41, 5.74) is 2.93. The van der Waals surface area contributed by atoms with Crippen LogP contribution < -0.4 is 0 Å². The van der Waals surface area contributed by atoms with Crippen LogP contribution >= 0.6 is 32.9 Å². The number of pyridine rings is 1. The number of ketones is 1. The highest BCUT2D eigenvalue weighted by Gasteiger charge is 2.03. The zero-order valence-electron chi connectivity index (χ0n) is 8.97. The third-order valence-electron chi connectivity index (χ3n) is 2.34. The molecule has 0 bridgehead atoms. The van der Waals surface area contributed by atoms with Crippen molar-refractivity contribution >= 4 is 38.7 Å². The van der Waals surface area contributed by atoms with Gasteiger partial charge in [0.2, 0.25) is 0 Å². The van der Waals surface area contributed by atoms with E-state index >= 15 is 0 Å². The molecule has 0 spiro atoms. The van der Waals surface area contributed by atoms with Gasteiger partial charge in [0.05, 0.1) is 5.33 Å². The lowest BCUT2D eigenvalue weighted by molar-refractivity contribution is 0.102. The van der Waals surface area contributed by atoms with E-state index in [1.807, 2.05) is 36.4 Å². The van der Waals surface area contributed by atoms with Crippen LogP contribution in [0.3, 0.4) is 0 Å². The number of benzene rings is 1. The Morgan fingerprint density at radius 1 is 1.00 bits per heavy atom. The highest BCUT2D eigenvalue weighted by Crippen LogP contribution is 2.18. The molecule has 0 amide bonds. The molecule has 0 radical (unpaired) electrons. The molecule has 0 fully saturated rings. The molecule has 17 heavy (non-hydrogen) atoms. The van der Waals surface area contributed by atoms with Crippen LogP contribution in [0.5, 0.6) is 0 Å². The summed E-state index contributed by atoms with van der Waals surface area (Å²) >= 11 is 3.16. The molecule has 0 aliphatic rings. The maximum atomic E-state index is 11.4. The van der Waals surface area contributed by atoms with E-state index in [-0.39, 0.29) is 22.8 Å². The molecule has 0 N–H and O–H groups in total. The van der Waals surface area contributed by atoms with E-state index in [0.717, 1.165) is 16.7 Å². The monoisotopic (exact) mass is 355 g/mol. The van der Waals surface area contributed by atoms with Gasteiger partial charge in [-0.25, -0.2) is 0 Å². The third-order valence-corrected chi connectivity index (χ3v) is 2.85. The Hall–Kier alpha value is -1.00. The molecule has 2 aromatic rings. The molecule has 0 saturated heterocycles. The second-order valence-electron chi connectivity index (χ2n) is 3.37. The Kier molecular flexibility index (Phi) is 5.51. The lowest BCUT2D eigenvalue weighted by Crippen LogP contribution is -1.98. The van der Waals surface area contributed by atoms with Crippen LogP contribution in [0.4, 0.5) is 0 Å². The number of hydrogen-bond donors (Lipinski definition) is 0. The van der Waals surface area contributed by atoms with Crippen molar-refractivity contribution in [1.82, 2.24) is 4.98 Å². The van der Waals surface area contributed by atoms with Crippen molar-refractivity contribution in [2.24, 2.45) is 0 Å². The summed E-state index contributed by atoms with van der Waals surface area (Å²) in [5, 5.41) is 0.363. The smallest absolute Gasteiger partial charge is 0.173 e. The van der Waals surface area contributed by atoms with Gasteiger partial charge in [-0.15, -0.1) is 17.0 Å². The van der Waals surface area contributed by atoms with E-state index in [9.17, 15) is 4.79 Å². The summed E-state index contributed by atoms with van der Waals surface area (Å²) in [5.74, 6) is 0.0984. The zero-order chi connectivity index (χ0) is 11.4. The number of hydrogen-bond acceptors (Lipinski definition) is 2. The Morgan fingerprint density at radius 3 is 2.06 bits per heavy atom. The molecule has 0 saturated carbocycles. The lowest BCUT2D eigenvalue weighted by Gasteiger charge is -2.02. The van der Waals surface area contributed by atoms with Crippen LogP contribution in [0.1, 0.15) is 10.4 Å². The number of aromatic nitrogens is 1. The molecular weight excluding hydrogens is 346 g/mol. The average molecular weight is 357 g/mol. The number of carbonyl (C=O) groups is 1. The molecule has 0 aliphatic heterocycles. The fraction of sp³-hybridized carbons (Fsp3) is 0.0769. The normalized spacial score (nSPS) is 9.47. The van der Waals surface area contributed by atoms with Crippen molar-refractivity contribution in [3.8, 4) is 11.1 Å². The predicted octanol–water partition coefficient (Wildman–Crippen LogP) is 3.90. The summed E-state index contributed by atoms with van der Waals surface area (Å²) < 4.78 is 0. The Balaban J connectivity index is 0.00000144. The van der Waals surface area contributed by atoms with E-state index in [2.05, 4.69) is 20.9 Å². The highest BCUT2D eigenvalue weighted by molar-refractivity contribution is 9.09.